The highest BCUT2D eigenvalue weighted by Gasteiger charge is 2.46. The van der Waals surface area contributed by atoms with Gasteiger partial charge in [-0.25, -0.2) is 26.4 Å². The number of carbonyl (C=O) groups is 3. The first kappa shape index (κ1) is 26.9. The van der Waals surface area contributed by atoms with E-state index in [1.807, 2.05) is 0 Å². The van der Waals surface area contributed by atoms with Gasteiger partial charge in [-0.3, -0.25) is 4.79 Å². The predicted molar refractivity (Wildman–Crippen MR) is 118 cm³/mol. The zero-order valence-corrected chi connectivity index (χ0v) is 20.7. The first-order chi connectivity index (χ1) is 15.7. The number of carbonyl (C=O) groups excluding carboxylic acids is 3. The summed E-state index contributed by atoms with van der Waals surface area (Å²) in [6, 6.07) is 4.12. The zero-order chi connectivity index (χ0) is 26.0. The number of nitrogens with one attached hydrogen (secondary N) is 1. The van der Waals surface area contributed by atoms with Gasteiger partial charge in [0, 0.05) is 25.0 Å². The van der Waals surface area contributed by atoms with E-state index >= 15 is 0 Å². The smallest absolute Gasteiger partial charge is 0.337 e. The third-order valence-electron chi connectivity index (χ3n) is 4.63. The molecule has 0 fully saturated rings. The Hall–Kier alpha value is -3.39. The minimum atomic E-state index is -4.29. The lowest BCUT2D eigenvalue weighted by atomic mass is 9.82. The van der Waals surface area contributed by atoms with Crippen LogP contribution in [0.25, 0.3) is 0 Å². The van der Waals surface area contributed by atoms with Crippen molar-refractivity contribution in [1.82, 2.24) is 5.32 Å². The van der Waals surface area contributed by atoms with Gasteiger partial charge in [-0.2, -0.15) is 0 Å². The Bertz CT molecular complexity index is 1250. The lowest BCUT2D eigenvalue weighted by molar-refractivity contribution is -0.137. The average Bonchev–Trinajstić information content (AvgIpc) is 2.75. The molecule has 1 aliphatic rings. The van der Waals surface area contributed by atoms with Crippen LogP contribution in [0.15, 0.2) is 39.4 Å². The van der Waals surface area contributed by atoms with Crippen LogP contribution in [0.4, 0.5) is 0 Å². The zero-order valence-electron chi connectivity index (χ0n) is 19.1. The van der Waals surface area contributed by atoms with Gasteiger partial charge in [-0.1, -0.05) is 12.1 Å². The van der Waals surface area contributed by atoms with E-state index < -0.39 is 64.7 Å². The Morgan fingerprint density at radius 2 is 1.32 bits per heavy atom. The molecule has 0 saturated heterocycles. The van der Waals surface area contributed by atoms with Crippen molar-refractivity contribution < 1.29 is 50.2 Å². The van der Waals surface area contributed by atoms with Gasteiger partial charge in [0.05, 0.1) is 38.4 Å². The lowest BCUT2D eigenvalue weighted by Crippen LogP contribution is -2.38. The number of hydrogen-bond acceptors (Lipinski definition) is 12. The molecule has 0 spiro atoms. The van der Waals surface area contributed by atoms with Crippen LogP contribution in [-0.4, -0.2) is 68.6 Å². The van der Waals surface area contributed by atoms with Crippen molar-refractivity contribution in [2.24, 2.45) is 0 Å². The highest BCUT2D eigenvalue weighted by molar-refractivity contribution is 7.95. The minimum Gasteiger partial charge on any atom is -0.493 e. The van der Waals surface area contributed by atoms with E-state index in [0.717, 1.165) is 33.7 Å². The Balaban J connectivity index is 3.20. The SMILES string of the molecule is COC(=O)C1=C(S(C)(=O)=O)NC(S(C)(=O)=O)=C(C(=O)OC)C1c1cccc(OC)c1OC(C)=O. The molecule has 2 rings (SSSR count). The molecule has 14 heteroatoms. The van der Waals surface area contributed by atoms with Crippen LogP contribution in [0.2, 0.25) is 0 Å². The number of benzene rings is 1. The Morgan fingerprint density at radius 1 is 0.853 bits per heavy atom. The number of ether oxygens (including phenoxy) is 4. The van der Waals surface area contributed by atoms with Gasteiger partial charge in [0.2, 0.25) is 0 Å². The molecule has 1 N–H and O–H groups in total. The maximum absolute atomic E-state index is 12.9. The molecule has 1 aliphatic heterocycles. The van der Waals surface area contributed by atoms with Crippen LogP contribution < -0.4 is 14.8 Å². The third-order valence-corrected chi connectivity index (χ3v) is 6.76. The normalized spacial score (nSPS) is 14.9. The molecule has 1 heterocycles. The maximum atomic E-state index is 12.9. The highest BCUT2D eigenvalue weighted by Crippen LogP contribution is 2.47. The summed E-state index contributed by atoms with van der Waals surface area (Å²) in [5.41, 5.74) is -1.38. The van der Waals surface area contributed by atoms with Crippen LogP contribution in [-0.2, 0) is 43.5 Å². The van der Waals surface area contributed by atoms with Crippen molar-refractivity contribution in [2.75, 3.05) is 33.8 Å². The molecule has 0 amide bonds. The standard InChI is InChI=1S/C20H23NO11S2/c1-10(22)32-16-11(8-7-9-12(16)29-2)13-14(19(23)30-3)17(33(5,25)26)21-18(34(6,27)28)15(13)20(24)31-4/h7-9,13,21H,1-6H3. The molecule has 0 aromatic heterocycles. The Morgan fingerprint density at radius 3 is 1.68 bits per heavy atom. The second-order valence-electron chi connectivity index (χ2n) is 7.04. The highest BCUT2D eigenvalue weighted by atomic mass is 32.2. The van der Waals surface area contributed by atoms with Crippen LogP contribution in [0.5, 0.6) is 11.5 Å². The molecule has 34 heavy (non-hydrogen) atoms. The fourth-order valence-electron chi connectivity index (χ4n) is 3.36. The van der Waals surface area contributed by atoms with Crippen molar-refractivity contribution >= 4 is 37.6 Å². The summed E-state index contributed by atoms with van der Waals surface area (Å²) in [5, 5.41) is 0.573. The molecule has 12 nitrogen and oxygen atoms in total. The molecule has 0 saturated carbocycles. The molecule has 0 bridgehead atoms. The second kappa shape index (κ2) is 9.85. The number of para-hydroxylation sites is 1. The summed E-state index contributed by atoms with van der Waals surface area (Å²) >= 11 is 0. The molecule has 0 aliphatic carbocycles. The quantitative estimate of drug-likeness (QED) is 0.385. The summed E-state index contributed by atoms with van der Waals surface area (Å²) < 4.78 is 70.5. The van der Waals surface area contributed by atoms with Crippen molar-refractivity contribution in [3.63, 3.8) is 0 Å². The number of sulfone groups is 2. The van der Waals surface area contributed by atoms with E-state index in [4.69, 9.17) is 18.9 Å². The summed E-state index contributed by atoms with van der Waals surface area (Å²) in [7, 11) is -5.39. The van der Waals surface area contributed by atoms with Gasteiger partial charge in [0.15, 0.2) is 31.2 Å². The van der Waals surface area contributed by atoms with Crippen molar-refractivity contribution in [3.8, 4) is 11.5 Å². The minimum absolute atomic E-state index is 0.0125. The molecule has 186 valence electrons. The van der Waals surface area contributed by atoms with Crippen molar-refractivity contribution in [1.29, 1.82) is 0 Å². The Kier molecular flexibility index (Phi) is 7.78. The van der Waals surface area contributed by atoms with E-state index in [2.05, 4.69) is 5.32 Å². The number of dihydropyridines is 1. The molecule has 0 unspecified atom stereocenters. The van der Waals surface area contributed by atoms with Crippen molar-refractivity contribution in [3.05, 3.63) is 45.0 Å². The first-order valence-electron chi connectivity index (χ1n) is 9.36. The molecule has 1 aromatic rings. The molecular formula is C20H23NO11S2. The fourth-order valence-corrected chi connectivity index (χ4v) is 5.20. The van der Waals surface area contributed by atoms with Gasteiger partial charge in [-0.05, 0) is 6.07 Å². The summed E-state index contributed by atoms with van der Waals surface area (Å²) in [5.74, 6) is -5.18. The largest absolute Gasteiger partial charge is 0.493 e. The number of methoxy groups -OCH3 is 3. The summed E-state index contributed by atoms with van der Waals surface area (Å²) in [4.78, 5) is 37.5. The van der Waals surface area contributed by atoms with E-state index in [1.165, 1.54) is 25.3 Å². The van der Waals surface area contributed by atoms with Gasteiger partial charge in [0.25, 0.3) is 0 Å². The number of hydrogen-bond donors (Lipinski definition) is 1. The lowest BCUT2D eigenvalue weighted by Gasteiger charge is -2.31. The third kappa shape index (κ3) is 5.22. The Labute approximate surface area is 196 Å². The predicted octanol–water partition coefficient (Wildman–Crippen LogP) is 0.166. The molecular weight excluding hydrogens is 494 g/mol. The monoisotopic (exact) mass is 517 g/mol. The molecule has 0 atom stereocenters. The van der Waals surface area contributed by atoms with Gasteiger partial charge in [-0.15, -0.1) is 0 Å². The summed E-state index contributed by atoms with van der Waals surface area (Å²) in [6.07, 6.45) is 1.47. The molecule has 1 aromatic carbocycles. The van der Waals surface area contributed by atoms with Crippen LogP contribution in [0.3, 0.4) is 0 Å². The molecule has 0 radical (unpaired) electrons. The average molecular weight is 518 g/mol. The summed E-state index contributed by atoms with van der Waals surface area (Å²) in [6.45, 7) is 1.08. The van der Waals surface area contributed by atoms with Crippen molar-refractivity contribution in [2.45, 2.75) is 12.8 Å². The van der Waals surface area contributed by atoms with Gasteiger partial charge in [0.1, 0.15) is 10.1 Å². The second-order valence-corrected chi connectivity index (χ2v) is 10.9. The maximum Gasteiger partial charge on any atom is 0.337 e. The van der Waals surface area contributed by atoms with Crippen LogP contribution in [0, 0.1) is 0 Å². The van der Waals surface area contributed by atoms with Crippen LogP contribution in [0.1, 0.15) is 18.4 Å². The first-order valence-corrected chi connectivity index (χ1v) is 13.1. The van der Waals surface area contributed by atoms with E-state index in [-0.39, 0.29) is 17.1 Å². The number of rotatable bonds is 7. The van der Waals surface area contributed by atoms with Gasteiger partial charge < -0.3 is 24.3 Å². The van der Waals surface area contributed by atoms with E-state index in [0.29, 0.717) is 0 Å². The van der Waals surface area contributed by atoms with Gasteiger partial charge >= 0.3 is 17.9 Å². The fraction of sp³-hybridized carbons (Fsp3) is 0.350. The van der Waals surface area contributed by atoms with E-state index in [1.54, 1.807) is 0 Å². The number of esters is 3. The topological polar surface area (TPSA) is 168 Å². The van der Waals surface area contributed by atoms with E-state index in [9.17, 15) is 31.2 Å². The van der Waals surface area contributed by atoms with Crippen LogP contribution >= 0.6 is 0 Å².